The van der Waals surface area contributed by atoms with E-state index in [0.717, 1.165) is 53.4 Å². The van der Waals surface area contributed by atoms with Gasteiger partial charge >= 0.3 is 0 Å². The molecule has 34 heavy (non-hydrogen) atoms. The lowest BCUT2D eigenvalue weighted by molar-refractivity contribution is -0.116. The molecule has 7 heteroatoms. The monoisotopic (exact) mass is 466 g/mol. The van der Waals surface area contributed by atoms with E-state index in [0.29, 0.717) is 26.4 Å². The first kappa shape index (κ1) is 24.1. The van der Waals surface area contributed by atoms with E-state index in [1.807, 2.05) is 31.2 Å². The minimum atomic E-state index is -0.149. The summed E-state index contributed by atoms with van der Waals surface area (Å²) in [5.74, 6) is 2.30. The number of carbonyl (C=O) groups excluding carboxylic acids is 1. The molecular formula is C27H34N2O5. The molecule has 0 aliphatic carbocycles. The predicted octanol–water partition coefficient (Wildman–Crippen LogP) is 3.62. The molecule has 182 valence electrons. The summed E-state index contributed by atoms with van der Waals surface area (Å²) in [4.78, 5) is 15.1. The molecule has 4 rings (SSSR count). The van der Waals surface area contributed by atoms with Crippen molar-refractivity contribution < 1.29 is 23.7 Å². The highest BCUT2D eigenvalue weighted by Gasteiger charge is 2.24. The van der Waals surface area contributed by atoms with Crippen LogP contribution in [0.15, 0.2) is 42.5 Å². The maximum absolute atomic E-state index is 12.8. The lowest BCUT2D eigenvalue weighted by Gasteiger charge is -2.34. The number of amides is 1. The SMILES string of the molecule is CCOc1cc2c(cc1/C=C/C(=O)NCC(c1ccc(OC)cc1)N1CCOCC1)OC(C)C2. The fraction of sp³-hybridized carbons (Fsp3) is 0.444. The summed E-state index contributed by atoms with van der Waals surface area (Å²) >= 11 is 0. The Kier molecular flexibility index (Phi) is 8.08. The van der Waals surface area contributed by atoms with Gasteiger partial charge in [-0.25, -0.2) is 0 Å². The second-order valence-corrected chi connectivity index (χ2v) is 8.58. The maximum Gasteiger partial charge on any atom is 0.244 e. The zero-order valence-electron chi connectivity index (χ0n) is 20.2. The molecule has 1 fully saturated rings. The van der Waals surface area contributed by atoms with E-state index in [4.69, 9.17) is 18.9 Å². The van der Waals surface area contributed by atoms with Crippen LogP contribution in [0.25, 0.3) is 6.08 Å². The molecular weight excluding hydrogens is 432 g/mol. The number of hydrogen-bond donors (Lipinski definition) is 1. The van der Waals surface area contributed by atoms with Gasteiger partial charge in [-0.3, -0.25) is 9.69 Å². The number of nitrogens with one attached hydrogen (secondary N) is 1. The Hall–Kier alpha value is -3.03. The number of benzene rings is 2. The minimum absolute atomic E-state index is 0.0565. The van der Waals surface area contributed by atoms with Gasteiger partial charge in [-0.05, 0) is 49.8 Å². The third-order valence-corrected chi connectivity index (χ3v) is 6.20. The van der Waals surface area contributed by atoms with Crippen LogP contribution in [0.1, 0.15) is 36.6 Å². The Morgan fingerprint density at radius 1 is 1.24 bits per heavy atom. The molecule has 0 bridgehead atoms. The first-order valence-electron chi connectivity index (χ1n) is 12.0. The zero-order valence-corrected chi connectivity index (χ0v) is 20.2. The third-order valence-electron chi connectivity index (χ3n) is 6.20. The highest BCUT2D eigenvalue weighted by Crippen LogP contribution is 2.35. The van der Waals surface area contributed by atoms with E-state index in [2.05, 4.69) is 29.3 Å². The standard InChI is InChI=1S/C27H34N2O5/c1-4-33-25-17-22-15-19(2)34-26(22)16-21(25)7-10-27(30)28-18-24(29-11-13-32-14-12-29)20-5-8-23(31-3)9-6-20/h5-10,16-17,19,24H,4,11-15,18H2,1-3H3,(H,28,30)/b10-7+. The van der Waals surface area contributed by atoms with Gasteiger partial charge in [0.2, 0.25) is 5.91 Å². The summed E-state index contributed by atoms with van der Waals surface area (Å²) in [7, 11) is 1.66. The van der Waals surface area contributed by atoms with Crippen molar-refractivity contribution in [3.05, 3.63) is 59.2 Å². The van der Waals surface area contributed by atoms with Crippen LogP contribution in [0.5, 0.6) is 17.2 Å². The number of methoxy groups -OCH3 is 1. The van der Waals surface area contributed by atoms with E-state index in [9.17, 15) is 4.79 Å². The smallest absolute Gasteiger partial charge is 0.244 e. The number of ether oxygens (including phenoxy) is 4. The number of nitrogens with zero attached hydrogens (tertiary/aromatic N) is 1. The first-order chi connectivity index (χ1) is 16.6. The van der Waals surface area contributed by atoms with Gasteiger partial charge < -0.3 is 24.3 Å². The zero-order chi connectivity index (χ0) is 23.9. The van der Waals surface area contributed by atoms with Crippen LogP contribution >= 0.6 is 0 Å². The van der Waals surface area contributed by atoms with Crippen LogP contribution in [0, 0.1) is 0 Å². The molecule has 2 atom stereocenters. The van der Waals surface area contributed by atoms with Crippen molar-refractivity contribution in [3.63, 3.8) is 0 Å². The van der Waals surface area contributed by atoms with E-state index in [1.165, 1.54) is 0 Å². The Labute approximate surface area is 201 Å². The molecule has 0 spiro atoms. The Morgan fingerprint density at radius 3 is 2.71 bits per heavy atom. The molecule has 0 saturated carbocycles. The Balaban J connectivity index is 1.45. The van der Waals surface area contributed by atoms with Gasteiger partial charge in [0.15, 0.2) is 0 Å². The van der Waals surface area contributed by atoms with Crippen LogP contribution < -0.4 is 19.5 Å². The van der Waals surface area contributed by atoms with Crippen molar-refractivity contribution in [2.45, 2.75) is 32.4 Å². The third kappa shape index (κ3) is 5.90. The van der Waals surface area contributed by atoms with Crippen molar-refractivity contribution in [2.75, 3.05) is 46.6 Å². The fourth-order valence-corrected chi connectivity index (χ4v) is 4.46. The average molecular weight is 467 g/mol. The van der Waals surface area contributed by atoms with Crippen molar-refractivity contribution >= 4 is 12.0 Å². The molecule has 0 radical (unpaired) electrons. The van der Waals surface area contributed by atoms with E-state index >= 15 is 0 Å². The molecule has 2 aliphatic rings. The van der Waals surface area contributed by atoms with E-state index < -0.39 is 0 Å². The molecule has 7 nitrogen and oxygen atoms in total. The summed E-state index contributed by atoms with van der Waals surface area (Å²) in [6.07, 6.45) is 4.38. The van der Waals surface area contributed by atoms with E-state index in [1.54, 1.807) is 19.3 Å². The average Bonchev–Trinajstić information content (AvgIpc) is 3.22. The largest absolute Gasteiger partial charge is 0.497 e. The number of rotatable bonds is 9. The minimum Gasteiger partial charge on any atom is -0.497 e. The van der Waals surface area contributed by atoms with Crippen LogP contribution in [-0.4, -0.2) is 63.5 Å². The van der Waals surface area contributed by atoms with Crippen molar-refractivity contribution in [1.82, 2.24) is 10.2 Å². The van der Waals surface area contributed by atoms with Crippen molar-refractivity contribution in [3.8, 4) is 17.2 Å². The topological polar surface area (TPSA) is 69.3 Å². The number of carbonyl (C=O) groups is 1. The van der Waals surface area contributed by atoms with Gasteiger partial charge in [-0.2, -0.15) is 0 Å². The number of hydrogen-bond acceptors (Lipinski definition) is 6. The van der Waals surface area contributed by atoms with Gasteiger partial charge in [0, 0.05) is 43.3 Å². The fourth-order valence-electron chi connectivity index (χ4n) is 4.46. The summed E-state index contributed by atoms with van der Waals surface area (Å²) in [5.41, 5.74) is 3.12. The molecule has 2 aliphatic heterocycles. The molecule has 1 saturated heterocycles. The summed E-state index contributed by atoms with van der Waals surface area (Å²) < 4.78 is 22.5. The molecule has 2 unspecified atom stereocenters. The van der Waals surface area contributed by atoms with Crippen molar-refractivity contribution in [2.24, 2.45) is 0 Å². The van der Waals surface area contributed by atoms with E-state index in [-0.39, 0.29) is 18.1 Å². The quantitative estimate of drug-likeness (QED) is 0.570. The number of fused-ring (bicyclic) bond motifs is 1. The summed E-state index contributed by atoms with van der Waals surface area (Å²) in [5, 5.41) is 3.08. The van der Waals surface area contributed by atoms with Crippen LogP contribution in [0.4, 0.5) is 0 Å². The highest BCUT2D eigenvalue weighted by molar-refractivity contribution is 5.92. The lowest BCUT2D eigenvalue weighted by atomic mass is 10.0. The highest BCUT2D eigenvalue weighted by atomic mass is 16.5. The Morgan fingerprint density at radius 2 is 2.00 bits per heavy atom. The maximum atomic E-state index is 12.8. The van der Waals surface area contributed by atoms with Crippen molar-refractivity contribution in [1.29, 1.82) is 0 Å². The van der Waals surface area contributed by atoms with Gasteiger partial charge in [0.1, 0.15) is 23.4 Å². The molecule has 1 N–H and O–H groups in total. The molecule has 2 aromatic rings. The van der Waals surface area contributed by atoms with Crippen LogP contribution in [-0.2, 0) is 16.0 Å². The van der Waals surface area contributed by atoms with Gasteiger partial charge in [-0.15, -0.1) is 0 Å². The lowest BCUT2D eigenvalue weighted by Crippen LogP contribution is -2.43. The first-order valence-corrected chi connectivity index (χ1v) is 12.0. The normalized spacial score (nSPS) is 18.9. The molecule has 0 aromatic heterocycles. The predicted molar refractivity (Wildman–Crippen MR) is 132 cm³/mol. The second kappa shape index (κ2) is 11.4. The molecule has 2 aromatic carbocycles. The second-order valence-electron chi connectivity index (χ2n) is 8.58. The molecule has 1 amide bonds. The number of morpholine rings is 1. The molecule has 2 heterocycles. The van der Waals surface area contributed by atoms with Gasteiger partial charge in [0.25, 0.3) is 0 Å². The van der Waals surface area contributed by atoms with Crippen LogP contribution in [0.2, 0.25) is 0 Å². The summed E-state index contributed by atoms with van der Waals surface area (Å²) in [6, 6.07) is 12.1. The van der Waals surface area contributed by atoms with Gasteiger partial charge in [0.05, 0.1) is 33.0 Å². The summed E-state index contributed by atoms with van der Waals surface area (Å²) in [6.45, 7) is 8.11. The Bertz CT molecular complexity index is 999. The van der Waals surface area contributed by atoms with Gasteiger partial charge in [-0.1, -0.05) is 12.1 Å². The van der Waals surface area contributed by atoms with Crippen LogP contribution in [0.3, 0.4) is 0 Å².